The molecule has 0 saturated carbocycles. The maximum absolute atomic E-state index is 12.7. The Morgan fingerprint density at radius 3 is 2.55 bits per heavy atom. The maximum atomic E-state index is 12.7. The molecule has 0 saturated heterocycles. The number of hydrogen-bond donors (Lipinski definition) is 0. The molecule has 0 aromatic heterocycles. The molecule has 0 radical (unpaired) electrons. The fraction of sp³-hybridized carbons (Fsp3) is 0.250. The summed E-state index contributed by atoms with van der Waals surface area (Å²) in [7, 11) is 0. The molecule has 0 bridgehead atoms. The van der Waals surface area contributed by atoms with E-state index in [1.165, 1.54) is 12.1 Å². The summed E-state index contributed by atoms with van der Waals surface area (Å²) in [6, 6.07) is 4.50. The normalized spacial score (nSPS) is 13.1. The van der Waals surface area contributed by atoms with Crippen molar-refractivity contribution in [1.29, 1.82) is 0 Å². The first-order chi connectivity index (χ1) is 5.09. The smallest absolute Gasteiger partial charge is 0.125 e. The van der Waals surface area contributed by atoms with Gasteiger partial charge in [0.2, 0.25) is 0 Å². The van der Waals surface area contributed by atoms with Gasteiger partial charge in [-0.2, -0.15) is 0 Å². The van der Waals surface area contributed by atoms with Crippen LogP contribution in [0.4, 0.5) is 4.39 Å². The Hall–Kier alpha value is -0.0800. The van der Waals surface area contributed by atoms with Crippen LogP contribution >= 0.6 is 27.5 Å². The lowest BCUT2D eigenvalue weighted by Gasteiger charge is -2.03. The number of rotatable bonds is 1. The Morgan fingerprint density at radius 1 is 1.45 bits per heavy atom. The summed E-state index contributed by atoms with van der Waals surface area (Å²) in [5, 5.41) is 0.436. The lowest BCUT2D eigenvalue weighted by molar-refractivity contribution is 0.625. The van der Waals surface area contributed by atoms with Gasteiger partial charge in [0.25, 0.3) is 0 Å². The second-order valence-electron chi connectivity index (χ2n) is 2.32. The molecule has 1 aromatic rings. The van der Waals surface area contributed by atoms with Crippen molar-refractivity contribution in [3.63, 3.8) is 0 Å². The van der Waals surface area contributed by atoms with Crippen molar-refractivity contribution in [2.45, 2.75) is 11.8 Å². The molecule has 1 aromatic carbocycles. The Labute approximate surface area is 78.5 Å². The van der Waals surface area contributed by atoms with Crippen LogP contribution in [0.5, 0.6) is 0 Å². The number of halogens is 3. The van der Waals surface area contributed by atoms with Crippen molar-refractivity contribution in [2.24, 2.45) is 0 Å². The van der Waals surface area contributed by atoms with E-state index in [-0.39, 0.29) is 10.6 Å². The van der Waals surface area contributed by atoms with Crippen LogP contribution < -0.4 is 0 Å². The van der Waals surface area contributed by atoms with Crippen molar-refractivity contribution < 1.29 is 4.39 Å². The minimum atomic E-state index is -0.293. The van der Waals surface area contributed by atoms with Crippen LogP contribution in [0, 0.1) is 5.82 Å². The van der Waals surface area contributed by atoms with Crippen molar-refractivity contribution in [2.75, 3.05) is 0 Å². The minimum Gasteiger partial charge on any atom is -0.207 e. The van der Waals surface area contributed by atoms with Crippen molar-refractivity contribution >= 4 is 27.5 Å². The number of alkyl halides is 1. The van der Waals surface area contributed by atoms with Crippen molar-refractivity contribution in [3.05, 3.63) is 34.6 Å². The van der Waals surface area contributed by atoms with E-state index in [1.807, 2.05) is 6.92 Å². The number of benzene rings is 1. The SMILES string of the molecule is CC(Br)c1cc(F)cc(Cl)c1. The van der Waals surface area contributed by atoms with Gasteiger partial charge in [-0.25, -0.2) is 4.39 Å². The molecule has 0 nitrogen and oxygen atoms in total. The molecule has 0 aliphatic rings. The van der Waals surface area contributed by atoms with Gasteiger partial charge in [-0.1, -0.05) is 27.5 Å². The zero-order valence-electron chi connectivity index (χ0n) is 5.94. The van der Waals surface area contributed by atoms with Gasteiger partial charge in [-0.15, -0.1) is 0 Å². The fourth-order valence-electron chi connectivity index (χ4n) is 0.805. The summed E-state index contributed by atoms with van der Waals surface area (Å²) < 4.78 is 12.7. The minimum absolute atomic E-state index is 0.135. The van der Waals surface area contributed by atoms with Crippen molar-refractivity contribution in [3.8, 4) is 0 Å². The van der Waals surface area contributed by atoms with Crippen LogP contribution in [0.15, 0.2) is 18.2 Å². The molecule has 1 unspecified atom stereocenters. The van der Waals surface area contributed by atoms with Gasteiger partial charge < -0.3 is 0 Å². The molecular formula is C8H7BrClF. The molecule has 60 valence electrons. The average Bonchev–Trinajstić information content (AvgIpc) is 1.85. The monoisotopic (exact) mass is 236 g/mol. The van der Waals surface area contributed by atoms with E-state index in [9.17, 15) is 4.39 Å². The van der Waals surface area contributed by atoms with E-state index in [4.69, 9.17) is 11.6 Å². The second-order valence-corrected chi connectivity index (χ2v) is 4.13. The zero-order chi connectivity index (χ0) is 8.43. The summed E-state index contributed by atoms with van der Waals surface area (Å²) in [5.74, 6) is -0.293. The van der Waals surface area contributed by atoms with Gasteiger partial charge in [-0.3, -0.25) is 0 Å². The summed E-state index contributed by atoms with van der Waals surface area (Å²) in [6.07, 6.45) is 0. The predicted octanol–water partition coefficient (Wildman–Crippen LogP) is 3.94. The fourth-order valence-corrected chi connectivity index (χ4v) is 1.30. The summed E-state index contributed by atoms with van der Waals surface area (Å²) in [6.45, 7) is 1.92. The third kappa shape index (κ3) is 2.46. The van der Waals surface area contributed by atoms with Crippen LogP contribution in [0.25, 0.3) is 0 Å². The van der Waals surface area contributed by atoms with Crippen LogP contribution in [-0.4, -0.2) is 0 Å². The first kappa shape index (κ1) is 9.01. The van der Waals surface area contributed by atoms with Crippen LogP contribution in [-0.2, 0) is 0 Å². The molecule has 0 aliphatic carbocycles. The first-order valence-corrected chi connectivity index (χ1v) is 4.49. The third-order valence-electron chi connectivity index (χ3n) is 1.34. The molecule has 3 heteroatoms. The molecule has 0 heterocycles. The quantitative estimate of drug-likeness (QED) is 0.649. The Kier molecular flexibility index (Phi) is 2.90. The summed E-state index contributed by atoms with van der Waals surface area (Å²) in [4.78, 5) is 0.135. The van der Waals surface area contributed by atoms with Gasteiger partial charge in [0, 0.05) is 9.85 Å². The standard InChI is InChI=1S/C8H7BrClF/c1-5(9)6-2-7(10)4-8(11)3-6/h2-5H,1H3. The molecule has 1 rings (SSSR count). The highest BCUT2D eigenvalue weighted by molar-refractivity contribution is 9.09. The van der Waals surface area contributed by atoms with E-state index in [1.54, 1.807) is 6.07 Å². The predicted molar refractivity (Wildman–Crippen MR) is 48.8 cm³/mol. The highest BCUT2D eigenvalue weighted by atomic mass is 79.9. The summed E-state index contributed by atoms with van der Waals surface area (Å²) >= 11 is 8.96. The third-order valence-corrected chi connectivity index (χ3v) is 2.09. The van der Waals surface area contributed by atoms with Crippen molar-refractivity contribution in [1.82, 2.24) is 0 Å². The molecule has 0 N–H and O–H groups in total. The highest BCUT2D eigenvalue weighted by Gasteiger charge is 2.03. The molecule has 0 fully saturated rings. The molecule has 0 spiro atoms. The Morgan fingerprint density at radius 2 is 2.09 bits per heavy atom. The van der Waals surface area contributed by atoms with E-state index in [0.29, 0.717) is 5.02 Å². The largest absolute Gasteiger partial charge is 0.207 e. The zero-order valence-corrected chi connectivity index (χ0v) is 8.29. The second kappa shape index (κ2) is 3.55. The van der Waals surface area contributed by atoms with E-state index >= 15 is 0 Å². The van der Waals surface area contributed by atoms with Gasteiger partial charge in [-0.05, 0) is 30.7 Å². The van der Waals surface area contributed by atoms with E-state index < -0.39 is 0 Å². The Bertz CT molecular complexity index is 240. The highest BCUT2D eigenvalue weighted by Crippen LogP contribution is 2.25. The molecular weight excluding hydrogens is 230 g/mol. The van der Waals surface area contributed by atoms with Gasteiger partial charge in [0.1, 0.15) is 5.82 Å². The van der Waals surface area contributed by atoms with E-state index in [0.717, 1.165) is 5.56 Å². The Balaban J connectivity index is 3.08. The topological polar surface area (TPSA) is 0 Å². The summed E-state index contributed by atoms with van der Waals surface area (Å²) in [5.41, 5.74) is 0.856. The first-order valence-electron chi connectivity index (χ1n) is 3.19. The molecule has 11 heavy (non-hydrogen) atoms. The van der Waals surface area contributed by atoms with E-state index in [2.05, 4.69) is 15.9 Å². The average molecular weight is 237 g/mol. The lowest BCUT2D eigenvalue weighted by Crippen LogP contribution is -1.85. The lowest BCUT2D eigenvalue weighted by atomic mass is 10.2. The maximum Gasteiger partial charge on any atom is 0.125 e. The molecule has 0 amide bonds. The van der Waals surface area contributed by atoms with Gasteiger partial charge in [0.15, 0.2) is 0 Å². The van der Waals surface area contributed by atoms with Crippen LogP contribution in [0.2, 0.25) is 5.02 Å². The van der Waals surface area contributed by atoms with Crippen LogP contribution in [0.3, 0.4) is 0 Å². The molecule has 0 aliphatic heterocycles. The van der Waals surface area contributed by atoms with Gasteiger partial charge in [0.05, 0.1) is 0 Å². The van der Waals surface area contributed by atoms with Crippen LogP contribution in [0.1, 0.15) is 17.3 Å². The number of hydrogen-bond acceptors (Lipinski definition) is 0. The van der Waals surface area contributed by atoms with Gasteiger partial charge >= 0.3 is 0 Å². The molecule has 1 atom stereocenters.